The number of halogens is 1. The lowest BCUT2D eigenvalue weighted by Gasteiger charge is -2.26. The summed E-state index contributed by atoms with van der Waals surface area (Å²) in [7, 11) is 3.44. The topological polar surface area (TPSA) is 29.5 Å². The second kappa shape index (κ2) is 6.34. The Morgan fingerprint density at radius 1 is 1.39 bits per heavy atom. The van der Waals surface area contributed by atoms with Crippen LogP contribution in [-0.2, 0) is 16.1 Å². The first kappa shape index (κ1) is 15.2. The molecular weight excluding hydrogens is 294 g/mol. The van der Waals surface area contributed by atoms with Crippen molar-refractivity contribution >= 4 is 21.8 Å². The molecule has 1 rings (SSSR count). The minimum Gasteiger partial charge on any atom is -0.378 e. The van der Waals surface area contributed by atoms with Crippen molar-refractivity contribution in [3.8, 4) is 0 Å². The molecule has 0 aliphatic carbocycles. The molecule has 4 heteroatoms. The summed E-state index contributed by atoms with van der Waals surface area (Å²) in [6.07, 6.45) is 0.379. The summed E-state index contributed by atoms with van der Waals surface area (Å²) in [5.41, 5.74) is 0.683. The van der Waals surface area contributed by atoms with Crippen LogP contribution in [0.2, 0.25) is 0 Å². The van der Waals surface area contributed by atoms with Crippen LogP contribution in [0.3, 0.4) is 0 Å². The number of ether oxygens (including phenoxy) is 1. The molecule has 1 aromatic carbocycles. The Hall–Kier alpha value is -0.870. The largest absolute Gasteiger partial charge is 0.378 e. The second-order valence-corrected chi connectivity index (χ2v) is 5.84. The molecule has 0 heterocycles. The zero-order chi connectivity index (χ0) is 13.8. The average molecular weight is 314 g/mol. The Bertz CT molecular complexity index is 418. The van der Waals surface area contributed by atoms with Gasteiger partial charge in [0.2, 0.25) is 5.91 Å². The van der Waals surface area contributed by atoms with Gasteiger partial charge in [0.05, 0.1) is 12.0 Å². The molecule has 0 fully saturated rings. The molecule has 0 unspecified atom stereocenters. The van der Waals surface area contributed by atoms with E-state index in [1.165, 1.54) is 0 Å². The van der Waals surface area contributed by atoms with E-state index in [4.69, 9.17) is 4.74 Å². The van der Waals surface area contributed by atoms with Crippen LogP contribution in [0.4, 0.5) is 0 Å². The summed E-state index contributed by atoms with van der Waals surface area (Å²) in [4.78, 5) is 13.8. The van der Waals surface area contributed by atoms with Gasteiger partial charge in [-0.15, -0.1) is 0 Å². The molecule has 0 aliphatic rings. The van der Waals surface area contributed by atoms with Gasteiger partial charge in [0.1, 0.15) is 0 Å². The Labute approximate surface area is 117 Å². The third kappa shape index (κ3) is 4.42. The zero-order valence-electron chi connectivity index (χ0n) is 11.4. The molecule has 0 aromatic heterocycles. The SMILES string of the molecule is COC(C)(C)CC(=O)N(C)Cc1ccccc1Br. The van der Waals surface area contributed by atoms with Gasteiger partial charge in [-0.25, -0.2) is 0 Å². The third-order valence-corrected chi connectivity index (χ3v) is 3.69. The van der Waals surface area contributed by atoms with Crippen molar-refractivity contribution in [3.63, 3.8) is 0 Å². The van der Waals surface area contributed by atoms with E-state index in [-0.39, 0.29) is 5.91 Å². The molecule has 0 radical (unpaired) electrons. The summed E-state index contributed by atoms with van der Waals surface area (Å²) in [6.45, 7) is 4.42. The number of benzene rings is 1. The fraction of sp³-hybridized carbons (Fsp3) is 0.500. The van der Waals surface area contributed by atoms with Crippen LogP contribution in [-0.4, -0.2) is 30.6 Å². The highest BCUT2D eigenvalue weighted by Crippen LogP contribution is 2.19. The molecule has 0 bridgehead atoms. The summed E-state index contributed by atoms with van der Waals surface area (Å²) in [5.74, 6) is 0.0811. The number of carbonyl (C=O) groups is 1. The first-order valence-electron chi connectivity index (χ1n) is 5.88. The molecule has 0 aliphatic heterocycles. The van der Waals surface area contributed by atoms with E-state index in [1.807, 2.05) is 45.2 Å². The monoisotopic (exact) mass is 313 g/mol. The van der Waals surface area contributed by atoms with Crippen molar-refractivity contribution in [2.75, 3.05) is 14.2 Å². The maximum absolute atomic E-state index is 12.1. The highest BCUT2D eigenvalue weighted by Gasteiger charge is 2.23. The zero-order valence-corrected chi connectivity index (χ0v) is 13.0. The summed E-state index contributed by atoms with van der Waals surface area (Å²) in [5, 5.41) is 0. The van der Waals surface area contributed by atoms with Crippen LogP contribution in [0.15, 0.2) is 28.7 Å². The van der Waals surface area contributed by atoms with Gasteiger partial charge in [-0.3, -0.25) is 4.79 Å². The third-order valence-electron chi connectivity index (χ3n) is 2.92. The molecule has 100 valence electrons. The van der Waals surface area contributed by atoms with Crippen molar-refractivity contribution in [2.24, 2.45) is 0 Å². The Morgan fingerprint density at radius 2 is 2.00 bits per heavy atom. The molecule has 0 saturated heterocycles. The van der Waals surface area contributed by atoms with Crippen LogP contribution in [0.25, 0.3) is 0 Å². The smallest absolute Gasteiger partial charge is 0.225 e. The molecular formula is C14H20BrNO2. The van der Waals surface area contributed by atoms with E-state index in [0.717, 1.165) is 10.0 Å². The van der Waals surface area contributed by atoms with Crippen molar-refractivity contribution < 1.29 is 9.53 Å². The molecule has 1 amide bonds. The van der Waals surface area contributed by atoms with Crippen LogP contribution in [0, 0.1) is 0 Å². The van der Waals surface area contributed by atoms with Gasteiger partial charge >= 0.3 is 0 Å². The minimum atomic E-state index is -0.417. The Morgan fingerprint density at radius 3 is 2.56 bits per heavy atom. The highest BCUT2D eigenvalue weighted by atomic mass is 79.9. The van der Waals surface area contributed by atoms with E-state index >= 15 is 0 Å². The lowest BCUT2D eigenvalue weighted by Crippen LogP contribution is -2.34. The van der Waals surface area contributed by atoms with Crippen molar-refractivity contribution in [2.45, 2.75) is 32.4 Å². The van der Waals surface area contributed by atoms with E-state index in [1.54, 1.807) is 12.0 Å². The molecule has 0 N–H and O–H groups in total. The van der Waals surface area contributed by atoms with Gasteiger partial charge in [-0.05, 0) is 25.5 Å². The molecule has 3 nitrogen and oxygen atoms in total. The van der Waals surface area contributed by atoms with E-state index in [0.29, 0.717) is 13.0 Å². The summed E-state index contributed by atoms with van der Waals surface area (Å²) >= 11 is 3.49. The predicted molar refractivity (Wildman–Crippen MR) is 76.3 cm³/mol. The molecule has 0 atom stereocenters. The van der Waals surface area contributed by atoms with Crippen molar-refractivity contribution in [1.29, 1.82) is 0 Å². The number of amides is 1. The number of carbonyl (C=O) groups excluding carboxylic acids is 1. The van der Waals surface area contributed by atoms with Gasteiger partial charge in [0.15, 0.2) is 0 Å². The Kier molecular flexibility index (Phi) is 5.35. The predicted octanol–water partition coefficient (Wildman–Crippen LogP) is 3.22. The van der Waals surface area contributed by atoms with Crippen molar-refractivity contribution in [1.82, 2.24) is 4.90 Å². The standard InChI is InChI=1S/C14H20BrNO2/c1-14(2,18-4)9-13(17)16(3)10-11-7-5-6-8-12(11)15/h5-8H,9-10H2,1-4H3. The van der Waals surface area contributed by atoms with Gasteiger partial charge in [-0.2, -0.15) is 0 Å². The van der Waals surface area contributed by atoms with E-state index in [9.17, 15) is 4.79 Å². The maximum Gasteiger partial charge on any atom is 0.225 e. The van der Waals surface area contributed by atoms with Gasteiger partial charge in [-0.1, -0.05) is 34.1 Å². The maximum atomic E-state index is 12.1. The quantitative estimate of drug-likeness (QED) is 0.835. The lowest BCUT2D eigenvalue weighted by atomic mass is 10.0. The highest BCUT2D eigenvalue weighted by molar-refractivity contribution is 9.10. The second-order valence-electron chi connectivity index (χ2n) is 4.98. The lowest BCUT2D eigenvalue weighted by molar-refractivity contribution is -0.135. The Balaban J connectivity index is 2.63. The molecule has 1 aromatic rings. The normalized spacial score (nSPS) is 11.4. The summed E-state index contributed by atoms with van der Waals surface area (Å²) < 4.78 is 6.30. The first-order chi connectivity index (χ1) is 8.35. The van der Waals surface area contributed by atoms with E-state index < -0.39 is 5.60 Å². The van der Waals surface area contributed by atoms with Crippen LogP contribution >= 0.6 is 15.9 Å². The molecule has 0 spiro atoms. The number of rotatable bonds is 5. The van der Waals surface area contributed by atoms with Crippen molar-refractivity contribution in [3.05, 3.63) is 34.3 Å². The van der Waals surface area contributed by atoms with Gasteiger partial charge in [0, 0.05) is 25.2 Å². The summed E-state index contributed by atoms with van der Waals surface area (Å²) in [6, 6.07) is 7.92. The fourth-order valence-corrected chi connectivity index (χ4v) is 1.95. The number of hydrogen-bond acceptors (Lipinski definition) is 2. The molecule has 18 heavy (non-hydrogen) atoms. The fourth-order valence-electron chi connectivity index (χ4n) is 1.54. The minimum absolute atomic E-state index is 0.0811. The average Bonchev–Trinajstić information content (AvgIpc) is 2.31. The van der Waals surface area contributed by atoms with E-state index in [2.05, 4.69) is 15.9 Å². The van der Waals surface area contributed by atoms with Gasteiger partial charge in [0.25, 0.3) is 0 Å². The van der Waals surface area contributed by atoms with Crippen LogP contribution in [0.5, 0.6) is 0 Å². The van der Waals surface area contributed by atoms with Crippen LogP contribution < -0.4 is 0 Å². The number of nitrogens with zero attached hydrogens (tertiary/aromatic N) is 1. The van der Waals surface area contributed by atoms with Crippen LogP contribution in [0.1, 0.15) is 25.8 Å². The molecule has 0 saturated carbocycles. The number of hydrogen-bond donors (Lipinski definition) is 0. The number of methoxy groups -OCH3 is 1. The first-order valence-corrected chi connectivity index (χ1v) is 6.67. The van der Waals surface area contributed by atoms with Gasteiger partial charge < -0.3 is 9.64 Å².